The summed E-state index contributed by atoms with van der Waals surface area (Å²) in [5, 5.41) is 3.37. The summed E-state index contributed by atoms with van der Waals surface area (Å²) in [6, 6.07) is 1.99. The molecule has 2 rings (SSSR count). The molecule has 1 aromatic rings. The lowest BCUT2D eigenvalue weighted by Crippen LogP contribution is -2.30. The van der Waals surface area contributed by atoms with E-state index in [-0.39, 0.29) is 5.56 Å². The van der Waals surface area contributed by atoms with Crippen molar-refractivity contribution >= 4 is 5.82 Å². The van der Waals surface area contributed by atoms with Crippen LogP contribution in [-0.4, -0.2) is 16.0 Å². The maximum Gasteiger partial charge on any atom is 0.252 e. The normalized spacial score (nSPS) is 20.2. The average molecular weight is 235 g/mol. The highest BCUT2D eigenvalue weighted by Gasteiger charge is 2.26. The fourth-order valence-electron chi connectivity index (χ4n) is 2.41. The molecule has 0 spiro atoms. The molecule has 0 amide bonds. The van der Waals surface area contributed by atoms with Crippen molar-refractivity contribution < 1.29 is 0 Å². The van der Waals surface area contributed by atoms with Crippen LogP contribution in [0.3, 0.4) is 0 Å². The van der Waals surface area contributed by atoms with Gasteiger partial charge in [-0.1, -0.05) is 13.8 Å². The number of hydrogen-bond acceptors (Lipinski definition) is 3. The van der Waals surface area contributed by atoms with Gasteiger partial charge in [-0.2, -0.15) is 0 Å². The molecule has 2 N–H and O–H groups in total. The van der Waals surface area contributed by atoms with Crippen molar-refractivity contribution in [1.82, 2.24) is 9.97 Å². The monoisotopic (exact) mass is 235 g/mol. The summed E-state index contributed by atoms with van der Waals surface area (Å²) in [5.74, 6) is 1.37. The second-order valence-corrected chi connectivity index (χ2v) is 5.80. The van der Waals surface area contributed by atoms with E-state index in [1.165, 1.54) is 18.9 Å². The lowest BCUT2D eigenvalue weighted by Gasteiger charge is -2.34. The minimum absolute atomic E-state index is 0.0869. The molecule has 0 aromatic carbocycles. The van der Waals surface area contributed by atoms with Crippen LogP contribution in [0.15, 0.2) is 10.9 Å². The van der Waals surface area contributed by atoms with Crippen LogP contribution in [0.1, 0.15) is 45.4 Å². The Morgan fingerprint density at radius 3 is 2.65 bits per heavy atom. The van der Waals surface area contributed by atoms with Crippen molar-refractivity contribution in [3.63, 3.8) is 0 Å². The Kier molecular flexibility index (Phi) is 3.22. The molecular weight excluding hydrogens is 214 g/mol. The molecule has 4 nitrogen and oxygen atoms in total. The van der Waals surface area contributed by atoms with Crippen LogP contribution in [0.5, 0.6) is 0 Å². The molecule has 0 bridgehead atoms. The number of hydrogen-bond donors (Lipinski definition) is 2. The number of rotatable bonds is 2. The predicted octanol–water partition coefficient (Wildman–Crippen LogP) is 2.46. The largest absolute Gasteiger partial charge is 0.367 e. The third-order valence-corrected chi connectivity index (χ3v) is 3.55. The highest BCUT2D eigenvalue weighted by molar-refractivity contribution is 5.34. The molecule has 1 aliphatic carbocycles. The standard InChI is InChI=1S/C13H21N3O/c1-9-14-11(8-12(17)15-9)16-10-4-6-13(2,3)7-5-10/h8,10H,4-7H2,1-3H3,(H2,14,15,16,17). The van der Waals surface area contributed by atoms with Crippen molar-refractivity contribution in [2.75, 3.05) is 5.32 Å². The predicted molar refractivity (Wildman–Crippen MR) is 69.3 cm³/mol. The number of aryl methyl sites for hydroxylation is 1. The van der Waals surface area contributed by atoms with Gasteiger partial charge in [0.25, 0.3) is 5.56 Å². The Labute approximate surface area is 102 Å². The molecule has 1 aromatic heterocycles. The van der Waals surface area contributed by atoms with Crippen molar-refractivity contribution in [3.05, 3.63) is 22.2 Å². The summed E-state index contributed by atoms with van der Waals surface area (Å²) in [7, 11) is 0. The first-order valence-electron chi connectivity index (χ1n) is 6.29. The Morgan fingerprint density at radius 1 is 1.41 bits per heavy atom. The van der Waals surface area contributed by atoms with Gasteiger partial charge < -0.3 is 10.3 Å². The molecule has 1 saturated carbocycles. The summed E-state index contributed by atoms with van der Waals surface area (Å²) >= 11 is 0. The highest BCUT2D eigenvalue weighted by Crippen LogP contribution is 2.35. The van der Waals surface area contributed by atoms with Gasteiger partial charge in [-0.05, 0) is 38.0 Å². The lowest BCUT2D eigenvalue weighted by molar-refractivity contribution is 0.232. The molecule has 1 heterocycles. The Hall–Kier alpha value is -1.32. The van der Waals surface area contributed by atoms with E-state index in [1.807, 2.05) is 0 Å². The van der Waals surface area contributed by atoms with E-state index in [2.05, 4.69) is 29.1 Å². The zero-order valence-corrected chi connectivity index (χ0v) is 10.8. The fourth-order valence-corrected chi connectivity index (χ4v) is 2.41. The van der Waals surface area contributed by atoms with E-state index in [0.29, 0.717) is 23.1 Å². The van der Waals surface area contributed by atoms with Gasteiger partial charge in [-0.25, -0.2) is 4.98 Å². The number of nitrogens with zero attached hydrogens (tertiary/aromatic N) is 1. The van der Waals surface area contributed by atoms with Crippen LogP contribution >= 0.6 is 0 Å². The zero-order chi connectivity index (χ0) is 12.5. The van der Waals surface area contributed by atoms with Crippen molar-refractivity contribution in [2.45, 2.75) is 52.5 Å². The lowest BCUT2D eigenvalue weighted by atomic mass is 9.75. The molecule has 4 heteroatoms. The van der Waals surface area contributed by atoms with E-state index in [1.54, 1.807) is 6.92 Å². The minimum Gasteiger partial charge on any atom is -0.367 e. The van der Waals surface area contributed by atoms with Crippen molar-refractivity contribution in [3.8, 4) is 0 Å². The van der Waals surface area contributed by atoms with Crippen LogP contribution in [0.2, 0.25) is 0 Å². The van der Waals surface area contributed by atoms with Crippen molar-refractivity contribution in [1.29, 1.82) is 0 Å². The number of nitrogens with one attached hydrogen (secondary N) is 2. The molecule has 1 aliphatic rings. The van der Waals surface area contributed by atoms with E-state index in [9.17, 15) is 4.79 Å². The minimum atomic E-state index is -0.0869. The first-order chi connectivity index (χ1) is 7.94. The Bertz CT molecular complexity index is 440. The van der Waals surface area contributed by atoms with E-state index in [0.717, 1.165) is 12.8 Å². The van der Waals surface area contributed by atoms with Gasteiger partial charge in [0, 0.05) is 12.1 Å². The smallest absolute Gasteiger partial charge is 0.252 e. The maximum atomic E-state index is 11.3. The van der Waals surface area contributed by atoms with Crippen LogP contribution in [0.4, 0.5) is 5.82 Å². The number of anilines is 1. The molecule has 0 atom stereocenters. The van der Waals surface area contributed by atoms with Gasteiger partial charge >= 0.3 is 0 Å². The molecule has 0 saturated heterocycles. The van der Waals surface area contributed by atoms with Crippen LogP contribution < -0.4 is 10.9 Å². The van der Waals surface area contributed by atoms with Gasteiger partial charge in [-0.3, -0.25) is 4.79 Å². The SMILES string of the molecule is Cc1nc(NC2CCC(C)(C)CC2)cc(=O)[nH]1. The topological polar surface area (TPSA) is 57.8 Å². The second-order valence-electron chi connectivity index (χ2n) is 5.80. The van der Waals surface area contributed by atoms with E-state index in [4.69, 9.17) is 0 Å². The first kappa shape index (κ1) is 12.1. The van der Waals surface area contributed by atoms with Crippen LogP contribution in [-0.2, 0) is 0 Å². The third kappa shape index (κ3) is 3.32. The summed E-state index contributed by atoms with van der Waals surface area (Å²) in [5.41, 5.74) is 0.381. The molecule has 0 radical (unpaired) electrons. The van der Waals surface area contributed by atoms with Gasteiger partial charge in [0.1, 0.15) is 11.6 Å². The van der Waals surface area contributed by atoms with E-state index >= 15 is 0 Å². The number of aromatic amines is 1. The van der Waals surface area contributed by atoms with Gasteiger partial charge in [-0.15, -0.1) is 0 Å². The summed E-state index contributed by atoms with van der Waals surface area (Å²) in [6.45, 7) is 6.44. The van der Waals surface area contributed by atoms with Gasteiger partial charge in [0.2, 0.25) is 0 Å². The molecule has 94 valence electrons. The number of H-pyrrole nitrogens is 1. The Morgan fingerprint density at radius 2 is 2.06 bits per heavy atom. The quantitative estimate of drug-likeness (QED) is 0.828. The summed E-state index contributed by atoms with van der Waals surface area (Å²) in [4.78, 5) is 18.3. The number of aromatic nitrogens is 2. The molecular formula is C13H21N3O. The highest BCUT2D eigenvalue weighted by atomic mass is 16.1. The second kappa shape index (κ2) is 4.51. The summed E-state index contributed by atoms with van der Waals surface area (Å²) < 4.78 is 0. The first-order valence-corrected chi connectivity index (χ1v) is 6.29. The van der Waals surface area contributed by atoms with Crippen LogP contribution in [0.25, 0.3) is 0 Å². The third-order valence-electron chi connectivity index (χ3n) is 3.55. The Balaban J connectivity index is 2.00. The molecule has 1 fully saturated rings. The fraction of sp³-hybridized carbons (Fsp3) is 0.692. The molecule has 17 heavy (non-hydrogen) atoms. The average Bonchev–Trinajstić information content (AvgIpc) is 2.20. The zero-order valence-electron chi connectivity index (χ0n) is 10.8. The summed E-state index contributed by atoms with van der Waals surface area (Å²) in [6.07, 6.45) is 4.76. The molecule has 0 aliphatic heterocycles. The maximum absolute atomic E-state index is 11.3. The van der Waals surface area contributed by atoms with E-state index < -0.39 is 0 Å². The van der Waals surface area contributed by atoms with Gasteiger partial charge in [0.05, 0.1) is 0 Å². The molecule has 0 unspecified atom stereocenters. The van der Waals surface area contributed by atoms with Gasteiger partial charge in [0.15, 0.2) is 0 Å². The van der Waals surface area contributed by atoms with Crippen molar-refractivity contribution in [2.24, 2.45) is 5.41 Å². The van der Waals surface area contributed by atoms with Crippen LogP contribution in [0, 0.1) is 12.3 Å².